The fourth-order valence-corrected chi connectivity index (χ4v) is 6.60. The minimum absolute atomic E-state index is 0.0901. The lowest BCUT2D eigenvalue weighted by Gasteiger charge is -2.34. The number of amides is 2. The minimum atomic E-state index is -4.14. The Kier molecular flexibility index (Phi) is 11.8. The lowest BCUT2D eigenvalue weighted by molar-refractivity contribution is -0.140. The molecule has 0 spiro atoms. The first-order chi connectivity index (χ1) is 22.0. The van der Waals surface area contributed by atoms with Gasteiger partial charge < -0.3 is 10.2 Å². The standard InChI is InChI=1S/C38H45N3O4S/c1-6-7-23-39-38(43)36(25-32-11-9-8-10-12-32)40(26-33-18-13-28(2)14-19-33)37(42)27-41(34-20-17-30(4)31(5)24-34)46(44,45)35-21-15-29(3)16-22-35/h8-22,24,36H,6-7,23,25-27H2,1-5H3,(H,39,43). The number of anilines is 1. The van der Waals surface area contributed by atoms with Crippen LogP contribution in [0.4, 0.5) is 5.69 Å². The number of nitrogens with zero attached hydrogens (tertiary/aromatic N) is 2. The van der Waals surface area contributed by atoms with Gasteiger partial charge in [0.25, 0.3) is 10.0 Å². The Morgan fingerprint density at radius 1 is 0.761 bits per heavy atom. The summed E-state index contributed by atoms with van der Waals surface area (Å²) in [6, 6.07) is 28.5. The number of sulfonamides is 1. The molecule has 0 fully saturated rings. The maximum absolute atomic E-state index is 14.6. The second kappa shape index (κ2) is 15.7. The van der Waals surface area contributed by atoms with Crippen LogP contribution in [0, 0.1) is 27.7 Å². The fraction of sp³-hybridized carbons (Fsp3) is 0.316. The Labute approximate surface area is 274 Å². The van der Waals surface area contributed by atoms with Crippen molar-refractivity contribution in [1.82, 2.24) is 10.2 Å². The average Bonchev–Trinajstić information content (AvgIpc) is 3.04. The van der Waals surface area contributed by atoms with Crippen LogP contribution < -0.4 is 9.62 Å². The molecule has 1 N–H and O–H groups in total. The van der Waals surface area contributed by atoms with Gasteiger partial charge in [-0.15, -0.1) is 0 Å². The highest BCUT2D eigenvalue weighted by Crippen LogP contribution is 2.27. The van der Waals surface area contributed by atoms with Crippen molar-refractivity contribution in [3.63, 3.8) is 0 Å². The lowest BCUT2D eigenvalue weighted by Crippen LogP contribution is -2.53. The molecule has 46 heavy (non-hydrogen) atoms. The van der Waals surface area contributed by atoms with Crippen LogP contribution >= 0.6 is 0 Å². The van der Waals surface area contributed by atoms with E-state index in [1.807, 2.05) is 88.4 Å². The summed E-state index contributed by atoms with van der Waals surface area (Å²) in [6.07, 6.45) is 2.01. The summed E-state index contributed by atoms with van der Waals surface area (Å²) < 4.78 is 29.6. The van der Waals surface area contributed by atoms with Gasteiger partial charge in [0.1, 0.15) is 12.6 Å². The molecule has 242 valence electrons. The summed E-state index contributed by atoms with van der Waals surface area (Å²) in [7, 11) is -4.14. The molecule has 0 saturated carbocycles. The van der Waals surface area contributed by atoms with Gasteiger partial charge in [-0.25, -0.2) is 8.42 Å². The molecular formula is C38H45N3O4S. The monoisotopic (exact) mass is 639 g/mol. The van der Waals surface area contributed by atoms with Crippen molar-refractivity contribution in [2.45, 2.75) is 71.4 Å². The highest BCUT2D eigenvalue weighted by atomic mass is 32.2. The van der Waals surface area contributed by atoms with Crippen LogP contribution in [0.15, 0.2) is 102 Å². The van der Waals surface area contributed by atoms with Gasteiger partial charge in [0.2, 0.25) is 11.8 Å². The smallest absolute Gasteiger partial charge is 0.264 e. The molecule has 4 aromatic rings. The molecule has 4 aromatic carbocycles. The molecule has 0 aliphatic rings. The Hall–Kier alpha value is -4.43. The molecule has 0 aliphatic carbocycles. The second-order valence-electron chi connectivity index (χ2n) is 12.0. The molecule has 0 radical (unpaired) electrons. The van der Waals surface area contributed by atoms with Crippen molar-refractivity contribution < 1.29 is 18.0 Å². The van der Waals surface area contributed by atoms with Crippen LogP contribution in [-0.2, 0) is 32.6 Å². The summed E-state index contributed by atoms with van der Waals surface area (Å²) in [4.78, 5) is 30.1. The lowest BCUT2D eigenvalue weighted by atomic mass is 10.0. The molecule has 4 rings (SSSR count). The zero-order valence-corrected chi connectivity index (χ0v) is 28.3. The third-order valence-corrected chi connectivity index (χ3v) is 10.0. The number of hydrogen-bond acceptors (Lipinski definition) is 4. The molecule has 0 saturated heterocycles. The molecule has 0 bridgehead atoms. The summed E-state index contributed by atoms with van der Waals surface area (Å²) in [5, 5.41) is 3.03. The first kappa shape index (κ1) is 34.4. The zero-order valence-electron chi connectivity index (χ0n) is 27.5. The molecule has 0 heterocycles. The minimum Gasteiger partial charge on any atom is -0.354 e. The van der Waals surface area contributed by atoms with Gasteiger partial charge in [0, 0.05) is 19.5 Å². The number of rotatable bonds is 14. The summed E-state index contributed by atoms with van der Waals surface area (Å²) in [5.74, 6) is -0.738. The van der Waals surface area contributed by atoms with Crippen molar-refractivity contribution in [3.05, 3.63) is 130 Å². The molecule has 0 aromatic heterocycles. The van der Waals surface area contributed by atoms with Crippen molar-refractivity contribution in [1.29, 1.82) is 0 Å². The van der Waals surface area contributed by atoms with Gasteiger partial charge in [-0.2, -0.15) is 0 Å². The second-order valence-corrected chi connectivity index (χ2v) is 13.8. The van der Waals surface area contributed by atoms with Crippen LogP contribution in [0.3, 0.4) is 0 Å². The third-order valence-electron chi connectivity index (χ3n) is 8.24. The van der Waals surface area contributed by atoms with Crippen LogP contribution in [0.5, 0.6) is 0 Å². The van der Waals surface area contributed by atoms with Gasteiger partial charge in [-0.3, -0.25) is 13.9 Å². The van der Waals surface area contributed by atoms with E-state index in [9.17, 15) is 18.0 Å². The maximum Gasteiger partial charge on any atom is 0.264 e. The summed E-state index contributed by atoms with van der Waals surface area (Å²) in [6.45, 7) is 9.96. The Balaban J connectivity index is 1.80. The fourth-order valence-electron chi connectivity index (χ4n) is 5.20. The number of benzene rings is 4. The number of carbonyl (C=O) groups excluding carboxylic acids is 2. The highest BCUT2D eigenvalue weighted by Gasteiger charge is 2.34. The van der Waals surface area contributed by atoms with Gasteiger partial charge in [0.15, 0.2) is 0 Å². The van der Waals surface area contributed by atoms with Crippen molar-refractivity contribution >= 4 is 27.5 Å². The van der Waals surface area contributed by atoms with Gasteiger partial charge >= 0.3 is 0 Å². The predicted octanol–water partition coefficient (Wildman–Crippen LogP) is 6.67. The Morgan fingerprint density at radius 3 is 2.00 bits per heavy atom. The van der Waals surface area contributed by atoms with Crippen LogP contribution in [0.2, 0.25) is 0 Å². The number of nitrogens with one attached hydrogen (secondary N) is 1. The molecule has 1 unspecified atom stereocenters. The van der Waals surface area contributed by atoms with Crippen LogP contribution in [-0.4, -0.2) is 44.3 Å². The average molecular weight is 640 g/mol. The third kappa shape index (κ3) is 8.85. The van der Waals surface area contributed by atoms with Gasteiger partial charge in [-0.05, 0) is 80.6 Å². The van der Waals surface area contributed by atoms with Crippen LogP contribution in [0.25, 0.3) is 0 Å². The Morgan fingerprint density at radius 2 is 1.39 bits per heavy atom. The van der Waals surface area contributed by atoms with E-state index < -0.39 is 28.5 Å². The van der Waals surface area contributed by atoms with E-state index in [0.717, 1.165) is 46.2 Å². The zero-order chi connectivity index (χ0) is 33.3. The van der Waals surface area contributed by atoms with Crippen molar-refractivity contribution in [3.8, 4) is 0 Å². The van der Waals surface area contributed by atoms with Crippen molar-refractivity contribution in [2.75, 3.05) is 17.4 Å². The maximum atomic E-state index is 14.6. The SMILES string of the molecule is CCCCNC(=O)C(Cc1ccccc1)N(Cc1ccc(C)cc1)C(=O)CN(c1ccc(C)c(C)c1)S(=O)(=O)c1ccc(C)cc1. The van der Waals surface area contributed by atoms with E-state index in [2.05, 4.69) is 12.2 Å². The van der Waals surface area contributed by atoms with E-state index in [1.54, 1.807) is 36.4 Å². The number of carbonyl (C=O) groups is 2. The van der Waals surface area contributed by atoms with E-state index in [-0.39, 0.29) is 23.8 Å². The quantitative estimate of drug-likeness (QED) is 0.156. The number of hydrogen-bond donors (Lipinski definition) is 1. The van der Waals surface area contributed by atoms with E-state index in [4.69, 9.17) is 0 Å². The van der Waals surface area contributed by atoms with Crippen molar-refractivity contribution in [2.24, 2.45) is 0 Å². The molecular weight excluding hydrogens is 595 g/mol. The highest BCUT2D eigenvalue weighted by molar-refractivity contribution is 7.92. The van der Waals surface area contributed by atoms with Crippen LogP contribution in [0.1, 0.15) is 53.1 Å². The van der Waals surface area contributed by atoms with Gasteiger partial charge in [-0.1, -0.05) is 97.3 Å². The first-order valence-corrected chi connectivity index (χ1v) is 17.3. The normalized spacial score (nSPS) is 11.9. The van der Waals surface area contributed by atoms with E-state index in [0.29, 0.717) is 12.2 Å². The molecule has 2 amide bonds. The largest absolute Gasteiger partial charge is 0.354 e. The Bertz CT molecular complexity index is 1720. The van der Waals surface area contributed by atoms with Gasteiger partial charge in [0.05, 0.1) is 10.6 Å². The van der Waals surface area contributed by atoms with E-state index >= 15 is 0 Å². The predicted molar refractivity (Wildman–Crippen MR) is 185 cm³/mol. The molecule has 8 heteroatoms. The van der Waals surface area contributed by atoms with E-state index in [1.165, 1.54) is 9.21 Å². The molecule has 1 atom stereocenters. The number of unbranched alkanes of at least 4 members (excludes halogenated alkanes) is 1. The first-order valence-electron chi connectivity index (χ1n) is 15.8. The summed E-state index contributed by atoms with van der Waals surface area (Å²) >= 11 is 0. The topological polar surface area (TPSA) is 86.8 Å². The summed E-state index contributed by atoms with van der Waals surface area (Å²) in [5.41, 5.74) is 6.05. The molecule has 0 aliphatic heterocycles. The number of aryl methyl sites for hydroxylation is 4. The molecule has 7 nitrogen and oxygen atoms in total.